The Morgan fingerprint density at radius 2 is 1.79 bits per heavy atom. The molecule has 2 aromatic heterocycles. The largest absolute Gasteiger partial charge is 0.322 e. The van der Waals surface area contributed by atoms with Gasteiger partial charge >= 0.3 is 0 Å². The Morgan fingerprint density at radius 3 is 2.59 bits per heavy atom. The number of pyridine rings is 1. The SMILES string of the molecule is Cc1nc2cc(Cl)ccc2c2c1nc(-c1ccccc1)n2CCN1CCSCC1. The molecule has 2 aromatic carbocycles. The van der Waals surface area contributed by atoms with E-state index >= 15 is 0 Å². The normalized spacial score (nSPS) is 15.4. The number of hydrogen-bond donors (Lipinski definition) is 0. The molecule has 4 aromatic rings. The molecule has 0 radical (unpaired) electrons. The smallest absolute Gasteiger partial charge is 0.141 e. The molecule has 0 saturated carbocycles. The van der Waals surface area contributed by atoms with Crippen LogP contribution in [-0.2, 0) is 6.54 Å². The number of thioether (sulfide) groups is 1. The molecule has 0 bridgehead atoms. The van der Waals surface area contributed by atoms with Crippen LogP contribution in [0.4, 0.5) is 0 Å². The number of nitrogens with zero attached hydrogens (tertiary/aromatic N) is 4. The number of halogens is 1. The van der Waals surface area contributed by atoms with Gasteiger partial charge in [0.15, 0.2) is 0 Å². The third-order valence-electron chi connectivity index (χ3n) is 5.59. The molecular weight excluding hydrogens is 400 g/mol. The maximum absolute atomic E-state index is 6.25. The van der Waals surface area contributed by atoms with Crippen molar-refractivity contribution in [2.24, 2.45) is 0 Å². The highest BCUT2D eigenvalue weighted by atomic mass is 35.5. The average Bonchev–Trinajstić information content (AvgIpc) is 3.14. The molecule has 1 aliphatic heterocycles. The molecule has 5 rings (SSSR count). The Bertz CT molecular complexity index is 1170. The van der Waals surface area contributed by atoms with Crippen LogP contribution in [0.15, 0.2) is 48.5 Å². The van der Waals surface area contributed by atoms with E-state index in [-0.39, 0.29) is 0 Å². The van der Waals surface area contributed by atoms with Gasteiger partial charge in [-0.3, -0.25) is 9.88 Å². The lowest BCUT2D eigenvalue weighted by Crippen LogP contribution is -2.35. The maximum Gasteiger partial charge on any atom is 0.141 e. The van der Waals surface area contributed by atoms with Gasteiger partial charge < -0.3 is 4.57 Å². The van der Waals surface area contributed by atoms with Crippen LogP contribution in [0.25, 0.3) is 33.3 Å². The fourth-order valence-electron chi connectivity index (χ4n) is 4.10. The summed E-state index contributed by atoms with van der Waals surface area (Å²) in [6.07, 6.45) is 0. The molecule has 0 aliphatic carbocycles. The van der Waals surface area contributed by atoms with Gasteiger partial charge in [-0.15, -0.1) is 0 Å². The van der Waals surface area contributed by atoms with E-state index in [4.69, 9.17) is 21.6 Å². The zero-order chi connectivity index (χ0) is 19.8. The predicted octanol–water partition coefficient (Wildman–Crippen LogP) is 5.26. The summed E-state index contributed by atoms with van der Waals surface area (Å²) in [5, 5.41) is 1.82. The highest BCUT2D eigenvalue weighted by Gasteiger charge is 2.19. The van der Waals surface area contributed by atoms with Crippen LogP contribution >= 0.6 is 23.4 Å². The summed E-state index contributed by atoms with van der Waals surface area (Å²) in [5.74, 6) is 3.46. The Kier molecular flexibility index (Phi) is 5.20. The van der Waals surface area contributed by atoms with Gasteiger partial charge in [0, 0.05) is 53.7 Å². The van der Waals surface area contributed by atoms with Gasteiger partial charge in [0.2, 0.25) is 0 Å². The first kappa shape index (κ1) is 18.9. The molecule has 6 heteroatoms. The van der Waals surface area contributed by atoms with Crippen molar-refractivity contribution in [3.63, 3.8) is 0 Å². The number of rotatable bonds is 4. The fraction of sp³-hybridized carbons (Fsp3) is 0.304. The number of benzene rings is 2. The summed E-state index contributed by atoms with van der Waals surface area (Å²) in [6, 6.07) is 16.4. The first-order valence-corrected chi connectivity index (χ1v) is 11.6. The van der Waals surface area contributed by atoms with Crippen molar-refractivity contribution >= 4 is 45.3 Å². The van der Waals surface area contributed by atoms with Crippen LogP contribution in [0.3, 0.4) is 0 Å². The minimum Gasteiger partial charge on any atom is -0.322 e. The quantitative estimate of drug-likeness (QED) is 0.449. The van der Waals surface area contributed by atoms with Gasteiger partial charge in [-0.25, -0.2) is 4.98 Å². The Hall–Kier alpha value is -2.08. The lowest BCUT2D eigenvalue weighted by Gasteiger charge is -2.26. The number of aryl methyl sites for hydroxylation is 1. The third kappa shape index (κ3) is 3.63. The Labute approximate surface area is 179 Å². The predicted molar refractivity (Wildman–Crippen MR) is 124 cm³/mol. The number of fused-ring (bicyclic) bond motifs is 3. The lowest BCUT2D eigenvalue weighted by atomic mass is 10.1. The van der Waals surface area contributed by atoms with E-state index in [1.54, 1.807) is 0 Å². The van der Waals surface area contributed by atoms with Crippen molar-refractivity contribution in [3.8, 4) is 11.4 Å². The molecule has 29 heavy (non-hydrogen) atoms. The van der Waals surface area contributed by atoms with E-state index < -0.39 is 0 Å². The molecule has 0 amide bonds. The molecule has 1 fully saturated rings. The second-order valence-corrected chi connectivity index (χ2v) is 9.12. The summed E-state index contributed by atoms with van der Waals surface area (Å²) in [4.78, 5) is 12.4. The molecule has 0 atom stereocenters. The summed E-state index contributed by atoms with van der Waals surface area (Å²) in [6.45, 7) is 6.30. The molecule has 1 aliphatic rings. The summed E-state index contributed by atoms with van der Waals surface area (Å²) in [7, 11) is 0. The second-order valence-electron chi connectivity index (χ2n) is 7.46. The topological polar surface area (TPSA) is 34.0 Å². The van der Waals surface area contributed by atoms with Gasteiger partial charge in [0.05, 0.1) is 16.7 Å². The van der Waals surface area contributed by atoms with E-state index in [9.17, 15) is 0 Å². The Balaban J connectivity index is 1.70. The van der Waals surface area contributed by atoms with Crippen molar-refractivity contribution in [2.45, 2.75) is 13.5 Å². The molecular formula is C23H23ClN4S. The van der Waals surface area contributed by atoms with Crippen LogP contribution in [0.2, 0.25) is 5.02 Å². The standard InChI is InChI=1S/C23H23ClN4S/c1-16-21-22(19-8-7-18(24)15-20(19)25-16)28(10-9-27-11-13-29-14-12-27)23(26-21)17-5-3-2-4-6-17/h2-8,15H,9-14H2,1H3. The zero-order valence-corrected chi connectivity index (χ0v) is 18.0. The molecule has 148 valence electrons. The number of hydrogen-bond acceptors (Lipinski definition) is 4. The van der Waals surface area contributed by atoms with E-state index in [0.29, 0.717) is 5.02 Å². The van der Waals surface area contributed by atoms with E-state index in [1.807, 2.05) is 36.9 Å². The molecule has 1 saturated heterocycles. The summed E-state index contributed by atoms with van der Waals surface area (Å²) >= 11 is 8.30. The number of aromatic nitrogens is 3. The minimum atomic E-state index is 0.712. The summed E-state index contributed by atoms with van der Waals surface area (Å²) < 4.78 is 2.39. The molecule has 0 spiro atoms. The van der Waals surface area contributed by atoms with Crippen molar-refractivity contribution in [1.82, 2.24) is 19.4 Å². The maximum atomic E-state index is 6.25. The Morgan fingerprint density at radius 1 is 1.00 bits per heavy atom. The average molecular weight is 423 g/mol. The zero-order valence-electron chi connectivity index (χ0n) is 16.4. The van der Waals surface area contributed by atoms with E-state index in [2.05, 4.69) is 39.8 Å². The van der Waals surface area contributed by atoms with Gasteiger partial charge in [0.25, 0.3) is 0 Å². The van der Waals surface area contributed by atoms with E-state index in [1.165, 1.54) is 11.5 Å². The highest BCUT2D eigenvalue weighted by Crippen LogP contribution is 2.32. The van der Waals surface area contributed by atoms with Crippen molar-refractivity contribution in [2.75, 3.05) is 31.1 Å². The van der Waals surface area contributed by atoms with Crippen LogP contribution in [-0.4, -0.2) is 50.6 Å². The molecule has 4 nitrogen and oxygen atoms in total. The van der Waals surface area contributed by atoms with Crippen LogP contribution < -0.4 is 0 Å². The van der Waals surface area contributed by atoms with Gasteiger partial charge in [-0.05, 0) is 25.1 Å². The first-order valence-electron chi connectivity index (χ1n) is 10.0. The first-order chi connectivity index (χ1) is 14.2. The third-order valence-corrected chi connectivity index (χ3v) is 6.77. The van der Waals surface area contributed by atoms with Gasteiger partial charge in [-0.2, -0.15) is 11.8 Å². The van der Waals surface area contributed by atoms with Crippen molar-refractivity contribution in [1.29, 1.82) is 0 Å². The molecule has 3 heterocycles. The minimum absolute atomic E-state index is 0.712. The summed E-state index contributed by atoms with van der Waals surface area (Å²) in [5.41, 5.74) is 5.15. The molecule has 0 N–H and O–H groups in total. The van der Waals surface area contributed by atoms with Crippen LogP contribution in [0, 0.1) is 6.92 Å². The van der Waals surface area contributed by atoms with E-state index in [0.717, 1.165) is 65.2 Å². The van der Waals surface area contributed by atoms with Gasteiger partial charge in [-0.1, -0.05) is 41.9 Å². The van der Waals surface area contributed by atoms with Gasteiger partial charge in [0.1, 0.15) is 11.3 Å². The second kappa shape index (κ2) is 7.98. The molecule has 0 unspecified atom stereocenters. The monoisotopic (exact) mass is 422 g/mol. The van der Waals surface area contributed by atoms with Crippen LogP contribution in [0.5, 0.6) is 0 Å². The number of imidazole rings is 1. The van der Waals surface area contributed by atoms with Crippen LogP contribution in [0.1, 0.15) is 5.69 Å². The fourth-order valence-corrected chi connectivity index (χ4v) is 5.25. The van der Waals surface area contributed by atoms with Crippen molar-refractivity contribution in [3.05, 3.63) is 59.2 Å². The van der Waals surface area contributed by atoms with Crippen molar-refractivity contribution < 1.29 is 0 Å². The highest BCUT2D eigenvalue weighted by molar-refractivity contribution is 7.99. The lowest BCUT2D eigenvalue weighted by molar-refractivity contribution is 0.291.